The van der Waals surface area contributed by atoms with Gasteiger partial charge in [0.1, 0.15) is 0 Å². The van der Waals surface area contributed by atoms with E-state index in [1.54, 1.807) is 0 Å². The summed E-state index contributed by atoms with van der Waals surface area (Å²) >= 11 is 0. The Balaban J connectivity index is 1.23. The lowest BCUT2D eigenvalue weighted by Crippen LogP contribution is -2.53. The molecule has 0 radical (unpaired) electrons. The highest BCUT2D eigenvalue weighted by Crippen LogP contribution is 2.32. The summed E-state index contributed by atoms with van der Waals surface area (Å²) in [6, 6.07) is 6.27. The molecule has 0 bridgehead atoms. The van der Waals surface area contributed by atoms with Crippen molar-refractivity contribution in [3.8, 4) is 11.5 Å². The maximum Gasteiger partial charge on any atom is 0.231 e. The molecule has 7 nitrogen and oxygen atoms in total. The summed E-state index contributed by atoms with van der Waals surface area (Å²) in [5.41, 5.74) is 1.28. The fourth-order valence-corrected chi connectivity index (χ4v) is 4.59. The summed E-state index contributed by atoms with van der Waals surface area (Å²) in [5, 5.41) is 3.65. The van der Waals surface area contributed by atoms with Crippen molar-refractivity contribution in [3.05, 3.63) is 23.8 Å². The lowest BCUT2D eigenvalue weighted by atomic mass is 9.98. The van der Waals surface area contributed by atoms with E-state index in [4.69, 9.17) is 9.47 Å². The van der Waals surface area contributed by atoms with E-state index in [1.807, 2.05) is 13.1 Å². The Morgan fingerprint density at radius 1 is 1.10 bits per heavy atom. The second kappa shape index (κ2) is 9.67. The molecule has 1 atom stereocenters. The molecule has 1 unspecified atom stereocenters. The molecular formula is C22H35N5O2. The molecule has 2 saturated heterocycles. The summed E-state index contributed by atoms with van der Waals surface area (Å²) in [6.07, 6.45) is 2.64. The van der Waals surface area contributed by atoms with Gasteiger partial charge in [0, 0.05) is 52.9 Å². The van der Waals surface area contributed by atoms with Gasteiger partial charge >= 0.3 is 0 Å². The highest BCUT2D eigenvalue weighted by molar-refractivity contribution is 5.80. The molecule has 0 aromatic heterocycles. The summed E-state index contributed by atoms with van der Waals surface area (Å²) in [7, 11) is 1.90. The van der Waals surface area contributed by atoms with Crippen molar-refractivity contribution in [2.24, 2.45) is 10.9 Å². The lowest BCUT2D eigenvalue weighted by Gasteiger charge is -2.37. The van der Waals surface area contributed by atoms with E-state index in [9.17, 15) is 0 Å². The van der Waals surface area contributed by atoms with Crippen LogP contribution >= 0.6 is 0 Å². The second-order valence-corrected chi connectivity index (χ2v) is 8.28. The number of piperazine rings is 1. The molecular weight excluding hydrogens is 366 g/mol. The van der Waals surface area contributed by atoms with Crippen LogP contribution in [-0.2, 0) is 6.54 Å². The molecule has 3 aliphatic rings. The Morgan fingerprint density at radius 3 is 2.72 bits per heavy atom. The van der Waals surface area contributed by atoms with Crippen LogP contribution in [0.5, 0.6) is 11.5 Å². The Morgan fingerprint density at radius 2 is 1.93 bits per heavy atom. The number of nitrogens with zero attached hydrogens (tertiary/aromatic N) is 4. The molecule has 0 spiro atoms. The maximum absolute atomic E-state index is 5.51. The number of hydrogen-bond acceptors (Lipinski definition) is 5. The van der Waals surface area contributed by atoms with E-state index in [-0.39, 0.29) is 0 Å². The number of piperidine rings is 1. The first-order chi connectivity index (χ1) is 14.2. The van der Waals surface area contributed by atoms with Crippen molar-refractivity contribution in [1.82, 2.24) is 20.0 Å². The molecule has 1 aromatic rings. The van der Waals surface area contributed by atoms with Gasteiger partial charge in [0.25, 0.3) is 0 Å². The molecule has 3 aliphatic heterocycles. The second-order valence-electron chi connectivity index (χ2n) is 8.28. The number of aliphatic imine (C=N–C) groups is 1. The zero-order valence-electron chi connectivity index (χ0n) is 17.9. The monoisotopic (exact) mass is 401 g/mol. The summed E-state index contributed by atoms with van der Waals surface area (Å²) in [4.78, 5) is 12.0. The van der Waals surface area contributed by atoms with Gasteiger partial charge in [-0.1, -0.05) is 13.0 Å². The fourth-order valence-electron chi connectivity index (χ4n) is 4.59. The SMILES string of the molecule is CCN1CCCC(CNC(=NC)N2CCN(Cc3ccc4c(c3)OCO4)CC2)C1. The van der Waals surface area contributed by atoms with Gasteiger partial charge in [-0.15, -0.1) is 0 Å². The van der Waals surface area contributed by atoms with Gasteiger partial charge in [0.15, 0.2) is 17.5 Å². The number of ether oxygens (including phenoxy) is 2. The average molecular weight is 402 g/mol. The standard InChI is InChI=1S/C22H35N5O2/c1-3-25-8-4-5-19(16-25)14-24-22(23-2)27-11-9-26(10-12-27)15-18-6-7-20-21(13-18)29-17-28-20/h6-7,13,19H,3-5,8-12,14-17H2,1-2H3,(H,23,24). The molecule has 1 aromatic carbocycles. The molecule has 4 rings (SSSR count). The van der Waals surface area contributed by atoms with Crippen LogP contribution in [0.15, 0.2) is 23.2 Å². The van der Waals surface area contributed by atoms with Crippen LogP contribution in [0, 0.1) is 5.92 Å². The van der Waals surface area contributed by atoms with Crippen LogP contribution in [0.2, 0.25) is 0 Å². The number of likely N-dealkylation sites (tertiary alicyclic amines) is 1. The zero-order chi connectivity index (χ0) is 20.1. The highest BCUT2D eigenvalue weighted by Gasteiger charge is 2.23. The third kappa shape index (κ3) is 5.14. The Labute approximate surface area is 174 Å². The third-order valence-electron chi connectivity index (χ3n) is 6.33. The maximum atomic E-state index is 5.51. The first-order valence-corrected chi connectivity index (χ1v) is 11.0. The first kappa shape index (κ1) is 20.3. The van der Waals surface area contributed by atoms with Gasteiger partial charge in [0.2, 0.25) is 6.79 Å². The van der Waals surface area contributed by atoms with Crippen LogP contribution in [0.4, 0.5) is 0 Å². The summed E-state index contributed by atoms with van der Waals surface area (Å²) in [5.74, 6) is 3.51. The van der Waals surface area contributed by atoms with Gasteiger partial charge in [-0.05, 0) is 49.5 Å². The number of nitrogens with one attached hydrogen (secondary N) is 1. The molecule has 2 fully saturated rings. The highest BCUT2D eigenvalue weighted by atomic mass is 16.7. The molecule has 3 heterocycles. The van der Waals surface area contributed by atoms with Crippen molar-refractivity contribution in [1.29, 1.82) is 0 Å². The number of fused-ring (bicyclic) bond motifs is 1. The van der Waals surface area contributed by atoms with Gasteiger partial charge in [0.05, 0.1) is 0 Å². The molecule has 0 amide bonds. The van der Waals surface area contributed by atoms with Crippen molar-refractivity contribution < 1.29 is 9.47 Å². The normalized spacial score (nSPS) is 23.4. The smallest absolute Gasteiger partial charge is 0.231 e. The van der Waals surface area contributed by atoms with Crippen LogP contribution in [0.1, 0.15) is 25.3 Å². The largest absolute Gasteiger partial charge is 0.454 e. The number of rotatable bonds is 5. The van der Waals surface area contributed by atoms with Gasteiger partial charge in [-0.2, -0.15) is 0 Å². The first-order valence-electron chi connectivity index (χ1n) is 11.0. The van der Waals surface area contributed by atoms with E-state index < -0.39 is 0 Å². The molecule has 7 heteroatoms. The van der Waals surface area contributed by atoms with E-state index in [0.717, 1.165) is 69.2 Å². The minimum atomic E-state index is 0.334. The van der Waals surface area contributed by atoms with Crippen molar-refractivity contribution in [2.45, 2.75) is 26.3 Å². The van der Waals surface area contributed by atoms with Gasteiger partial charge in [-0.25, -0.2) is 0 Å². The number of hydrogen-bond donors (Lipinski definition) is 1. The number of benzene rings is 1. The van der Waals surface area contributed by atoms with Gasteiger partial charge < -0.3 is 24.6 Å². The van der Waals surface area contributed by atoms with E-state index in [2.05, 4.69) is 44.1 Å². The van der Waals surface area contributed by atoms with Gasteiger partial charge in [-0.3, -0.25) is 9.89 Å². The predicted octanol–water partition coefficient (Wildman–Crippen LogP) is 1.84. The van der Waals surface area contributed by atoms with Crippen LogP contribution in [0.25, 0.3) is 0 Å². The van der Waals surface area contributed by atoms with E-state index in [0.29, 0.717) is 6.79 Å². The molecule has 160 valence electrons. The Kier molecular flexibility index (Phi) is 6.77. The average Bonchev–Trinajstić information content (AvgIpc) is 3.23. The van der Waals surface area contributed by atoms with Crippen LogP contribution in [-0.4, -0.2) is 86.9 Å². The quantitative estimate of drug-likeness (QED) is 0.600. The number of guanidine groups is 1. The molecule has 0 saturated carbocycles. The van der Waals surface area contributed by atoms with Crippen molar-refractivity contribution >= 4 is 5.96 Å². The lowest BCUT2D eigenvalue weighted by molar-refractivity contribution is 0.167. The molecule has 0 aliphatic carbocycles. The predicted molar refractivity (Wildman–Crippen MR) is 116 cm³/mol. The van der Waals surface area contributed by atoms with Crippen LogP contribution < -0.4 is 14.8 Å². The minimum Gasteiger partial charge on any atom is -0.454 e. The molecule has 1 N–H and O–H groups in total. The van der Waals surface area contributed by atoms with Crippen molar-refractivity contribution in [3.63, 3.8) is 0 Å². The van der Waals surface area contributed by atoms with E-state index >= 15 is 0 Å². The third-order valence-corrected chi connectivity index (χ3v) is 6.33. The van der Waals surface area contributed by atoms with Crippen LogP contribution in [0.3, 0.4) is 0 Å². The Hall–Kier alpha value is -1.99. The zero-order valence-corrected chi connectivity index (χ0v) is 17.9. The fraction of sp³-hybridized carbons (Fsp3) is 0.682. The Bertz CT molecular complexity index is 702. The summed E-state index contributed by atoms with van der Waals surface area (Å²) in [6.45, 7) is 12.3. The molecule has 29 heavy (non-hydrogen) atoms. The topological polar surface area (TPSA) is 52.6 Å². The van der Waals surface area contributed by atoms with Crippen molar-refractivity contribution in [2.75, 3.05) is 66.2 Å². The summed E-state index contributed by atoms with van der Waals surface area (Å²) < 4.78 is 10.9. The van der Waals surface area contributed by atoms with E-state index in [1.165, 1.54) is 31.5 Å². The minimum absolute atomic E-state index is 0.334.